The van der Waals surface area contributed by atoms with Gasteiger partial charge >= 0.3 is 0 Å². The summed E-state index contributed by atoms with van der Waals surface area (Å²) >= 11 is 4.30. The average Bonchev–Trinajstić information content (AvgIpc) is 2.34. The van der Waals surface area contributed by atoms with Gasteiger partial charge in [-0.1, -0.05) is 0 Å². The summed E-state index contributed by atoms with van der Waals surface area (Å²) in [4.78, 5) is 1.06. The second kappa shape index (κ2) is 2.31. The molecule has 0 atom stereocenters. The molecule has 0 radical (unpaired) electrons. The van der Waals surface area contributed by atoms with Crippen LogP contribution in [0.5, 0.6) is 0 Å². The van der Waals surface area contributed by atoms with Crippen LogP contribution in [0.2, 0.25) is 0 Å². The van der Waals surface area contributed by atoms with Crippen molar-refractivity contribution in [3.63, 3.8) is 0 Å². The van der Waals surface area contributed by atoms with Gasteiger partial charge in [0.15, 0.2) is 0 Å². The van der Waals surface area contributed by atoms with Gasteiger partial charge in [-0.15, -0.1) is 12.6 Å². The highest BCUT2D eigenvalue weighted by molar-refractivity contribution is 7.80. The van der Waals surface area contributed by atoms with Crippen molar-refractivity contribution in [3.8, 4) is 0 Å². The molecular weight excluding hydrogens is 144 g/mol. The molecule has 1 aromatic heterocycles. The Hall–Kier alpha value is -0.440. The Bertz CT molecular complexity index is 242. The van der Waals surface area contributed by atoms with Crippen molar-refractivity contribution in [2.75, 3.05) is 0 Å². The lowest BCUT2D eigenvalue weighted by Gasteiger charge is -2.12. The Morgan fingerprint density at radius 2 is 2.40 bits per heavy atom. The van der Waals surface area contributed by atoms with E-state index in [-0.39, 0.29) is 0 Å². The first kappa shape index (κ1) is 6.28. The van der Waals surface area contributed by atoms with Gasteiger partial charge in [0.1, 0.15) is 0 Å². The molecule has 0 N–H and O–H groups in total. The fourth-order valence-electron chi connectivity index (χ4n) is 1.40. The molecule has 0 spiro atoms. The number of nitrogens with zero attached hydrogens (tertiary/aromatic N) is 2. The molecule has 0 amide bonds. The minimum absolute atomic E-state index is 1.06. The molecule has 10 heavy (non-hydrogen) atoms. The molecule has 1 aliphatic rings. The normalized spacial score (nSPS) is 16.9. The average molecular weight is 154 g/mol. The molecule has 0 saturated carbocycles. The van der Waals surface area contributed by atoms with Crippen LogP contribution in [0.1, 0.15) is 18.5 Å². The number of thiol groups is 1. The van der Waals surface area contributed by atoms with Gasteiger partial charge in [0, 0.05) is 11.4 Å². The standard InChI is InChI=1S/C7H10N2S/c10-7-5-8-9-4-2-1-3-6(7)9/h5,10H,1-4H2. The van der Waals surface area contributed by atoms with E-state index < -0.39 is 0 Å². The SMILES string of the molecule is Sc1cnn2c1CCCC2. The van der Waals surface area contributed by atoms with E-state index in [1.54, 1.807) is 0 Å². The van der Waals surface area contributed by atoms with Crippen molar-refractivity contribution >= 4 is 12.6 Å². The summed E-state index contributed by atoms with van der Waals surface area (Å²) in [6.45, 7) is 1.08. The lowest BCUT2D eigenvalue weighted by atomic mass is 10.1. The highest BCUT2D eigenvalue weighted by Crippen LogP contribution is 2.19. The van der Waals surface area contributed by atoms with Crippen LogP contribution in [0.15, 0.2) is 11.1 Å². The van der Waals surface area contributed by atoms with E-state index >= 15 is 0 Å². The largest absolute Gasteiger partial charge is 0.268 e. The third-order valence-corrected chi connectivity index (χ3v) is 2.33. The predicted molar refractivity (Wildman–Crippen MR) is 42.4 cm³/mol. The molecule has 0 unspecified atom stereocenters. The van der Waals surface area contributed by atoms with E-state index in [2.05, 4.69) is 22.4 Å². The van der Waals surface area contributed by atoms with E-state index in [4.69, 9.17) is 0 Å². The summed E-state index contributed by atoms with van der Waals surface area (Å²) in [5, 5.41) is 4.20. The number of aromatic nitrogens is 2. The zero-order valence-electron chi connectivity index (χ0n) is 5.75. The third-order valence-electron chi connectivity index (χ3n) is 1.96. The fraction of sp³-hybridized carbons (Fsp3) is 0.571. The summed E-state index contributed by atoms with van der Waals surface area (Å²) in [6.07, 6.45) is 5.55. The molecule has 0 bridgehead atoms. The molecule has 2 nitrogen and oxygen atoms in total. The highest BCUT2D eigenvalue weighted by atomic mass is 32.1. The molecule has 0 saturated heterocycles. The van der Waals surface area contributed by atoms with Crippen LogP contribution in [-0.4, -0.2) is 9.78 Å². The Labute approximate surface area is 65.6 Å². The fourth-order valence-corrected chi connectivity index (χ4v) is 1.68. The van der Waals surface area contributed by atoms with Gasteiger partial charge in [-0.3, -0.25) is 4.68 Å². The van der Waals surface area contributed by atoms with Crippen molar-refractivity contribution in [1.29, 1.82) is 0 Å². The molecule has 0 aromatic carbocycles. The summed E-state index contributed by atoms with van der Waals surface area (Å²) in [7, 11) is 0. The lowest BCUT2D eigenvalue weighted by molar-refractivity contribution is 0.482. The Morgan fingerprint density at radius 3 is 3.20 bits per heavy atom. The topological polar surface area (TPSA) is 17.8 Å². The van der Waals surface area contributed by atoms with Crippen LogP contribution in [0.4, 0.5) is 0 Å². The maximum atomic E-state index is 4.30. The van der Waals surface area contributed by atoms with Gasteiger partial charge in [-0.25, -0.2) is 0 Å². The molecule has 1 aromatic rings. The molecular formula is C7H10N2S. The number of aryl methyl sites for hydroxylation is 1. The second-order valence-corrected chi connectivity index (χ2v) is 3.14. The van der Waals surface area contributed by atoms with Gasteiger partial charge in [0.2, 0.25) is 0 Å². The van der Waals surface area contributed by atoms with Gasteiger partial charge in [0.25, 0.3) is 0 Å². The molecule has 0 fully saturated rings. The first-order valence-corrected chi connectivity index (χ1v) is 4.06. The minimum Gasteiger partial charge on any atom is -0.268 e. The van der Waals surface area contributed by atoms with E-state index in [1.807, 2.05) is 6.20 Å². The van der Waals surface area contributed by atoms with E-state index in [0.717, 1.165) is 17.9 Å². The van der Waals surface area contributed by atoms with Crippen LogP contribution < -0.4 is 0 Å². The zero-order chi connectivity index (χ0) is 6.97. The third kappa shape index (κ3) is 0.850. The number of hydrogen-bond acceptors (Lipinski definition) is 2. The molecule has 2 rings (SSSR count). The Morgan fingerprint density at radius 1 is 1.50 bits per heavy atom. The van der Waals surface area contributed by atoms with Crippen molar-refractivity contribution < 1.29 is 0 Å². The van der Waals surface area contributed by atoms with Gasteiger partial charge < -0.3 is 0 Å². The Kier molecular flexibility index (Phi) is 1.45. The van der Waals surface area contributed by atoms with Crippen LogP contribution >= 0.6 is 12.6 Å². The number of rotatable bonds is 0. The first-order chi connectivity index (χ1) is 4.88. The van der Waals surface area contributed by atoms with Crippen LogP contribution in [-0.2, 0) is 13.0 Å². The van der Waals surface area contributed by atoms with Gasteiger partial charge in [0.05, 0.1) is 11.9 Å². The molecule has 0 aliphatic carbocycles. The summed E-state index contributed by atoms with van der Waals surface area (Å²) in [5.74, 6) is 0. The lowest BCUT2D eigenvalue weighted by Crippen LogP contribution is -2.10. The monoisotopic (exact) mass is 154 g/mol. The van der Waals surface area contributed by atoms with Crippen LogP contribution in [0.3, 0.4) is 0 Å². The van der Waals surface area contributed by atoms with Crippen molar-refractivity contribution in [3.05, 3.63) is 11.9 Å². The van der Waals surface area contributed by atoms with Crippen LogP contribution in [0, 0.1) is 0 Å². The molecule has 3 heteroatoms. The van der Waals surface area contributed by atoms with Crippen LogP contribution in [0.25, 0.3) is 0 Å². The number of fused-ring (bicyclic) bond motifs is 1. The van der Waals surface area contributed by atoms with Crippen molar-refractivity contribution in [1.82, 2.24) is 9.78 Å². The second-order valence-electron chi connectivity index (χ2n) is 2.66. The van der Waals surface area contributed by atoms with Crippen molar-refractivity contribution in [2.24, 2.45) is 0 Å². The van der Waals surface area contributed by atoms with Gasteiger partial charge in [-0.2, -0.15) is 5.10 Å². The quantitative estimate of drug-likeness (QED) is 0.561. The summed E-state index contributed by atoms with van der Waals surface area (Å²) in [5.41, 5.74) is 1.31. The molecule has 54 valence electrons. The molecule has 2 heterocycles. The van der Waals surface area contributed by atoms with E-state index in [0.29, 0.717) is 0 Å². The Balaban J connectivity index is 2.45. The zero-order valence-corrected chi connectivity index (χ0v) is 6.64. The highest BCUT2D eigenvalue weighted by Gasteiger charge is 2.11. The van der Waals surface area contributed by atoms with E-state index in [1.165, 1.54) is 18.5 Å². The molecule has 1 aliphatic heterocycles. The van der Waals surface area contributed by atoms with E-state index in [9.17, 15) is 0 Å². The smallest absolute Gasteiger partial charge is 0.0626 e. The van der Waals surface area contributed by atoms with Crippen molar-refractivity contribution in [2.45, 2.75) is 30.7 Å². The minimum atomic E-state index is 1.06. The summed E-state index contributed by atoms with van der Waals surface area (Å²) in [6, 6.07) is 0. The maximum Gasteiger partial charge on any atom is 0.0626 e. The summed E-state index contributed by atoms with van der Waals surface area (Å²) < 4.78 is 2.06. The number of hydrogen-bond donors (Lipinski definition) is 1. The van der Waals surface area contributed by atoms with Gasteiger partial charge in [-0.05, 0) is 19.3 Å². The maximum absolute atomic E-state index is 4.30. The predicted octanol–water partition coefficient (Wildman–Crippen LogP) is 1.51. The first-order valence-electron chi connectivity index (χ1n) is 3.61.